The van der Waals surface area contributed by atoms with E-state index in [0.717, 1.165) is 50.9 Å². The summed E-state index contributed by atoms with van der Waals surface area (Å²) in [6.45, 7) is 6.82. The number of ketones is 1. The maximum absolute atomic E-state index is 13.3. The van der Waals surface area contributed by atoms with Crippen molar-refractivity contribution < 1.29 is 23.7 Å². The minimum Gasteiger partial charge on any atom is -0.493 e. The Bertz CT molecular complexity index is 1100. The van der Waals surface area contributed by atoms with Gasteiger partial charge in [-0.15, -0.1) is 0 Å². The van der Waals surface area contributed by atoms with Gasteiger partial charge in [-0.25, -0.2) is 0 Å². The molecule has 7 nitrogen and oxygen atoms in total. The summed E-state index contributed by atoms with van der Waals surface area (Å²) in [5, 5.41) is 10.3. The summed E-state index contributed by atoms with van der Waals surface area (Å²) in [4.78, 5) is 15.7. The second-order valence-corrected chi connectivity index (χ2v) is 9.93. The van der Waals surface area contributed by atoms with E-state index in [9.17, 15) is 10.1 Å². The second-order valence-electron chi connectivity index (χ2n) is 9.93. The van der Waals surface area contributed by atoms with E-state index in [-0.39, 0.29) is 17.6 Å². The van der Waals surface area contributed by atoms with Crippen molar-refractivity contribution in [3.8, 4) is 29.1 Å². The van der Waals surface area contributed by atoms with Crippen molar-refractivity contribution in [2.45, 2.75) is 44.9 Å². The zero-order chi connectivity index (χ0) is 27.0. The Kier molecular flexibility index (Phi) is 9.82. The number of likely N-dealkylation sites (tertiary alicyclic amines) is 1. The summed E-state index contributed by atoms with van der Waals surface area (Å²) in [6.07, 6.45) is 3.25. The Morgan fingerprint density at radius 1 is 1.00 bits per heavy atom. The highest BCUT2D eigenvalue weighted by atomic mass is 16.5. The number of benzene rings is 2. The van der Waals surface area contributed by atoms with Crippen molar-refractivity contribution >= 4 is 5.78 Å². The van der Waals surface area contributed by atoms with Crippen LogP contribution >= 0.6 is 0 Å². The highest BCUT2D eigenvalue weighted by Crippen LogP contribution is 2.41. The molecule has 1 atom stereocenters. The van der Waals surface area contributed by atoms with Gasteiger partial charge in [0.1, 0.15) is 0 Å². The normalized spacial score (nSPS) is 16.1. The first-order chi connectivity index (χ1) is 17.8. The third-order valence-electron chi connectivity index (χ3n) is 7.76. The average Bonchev–Trinajstić information content (AvgIpc) is 2.94. The molecular formula is C30H40N2O5. The average molecular weight is 509 g/mol. The number of methoxy groups -OCH3 is 4. The Labute approximate surface area is 221 Å². The predicted octanol–water partition coefficient (Wildman–Crippen LogP) is 5.51. The number of hydrogen-bond donors (Lipinski definition) is 0. The quantitative estimate of drug-likeness (QED) is 0.350. The van der Waals surface area contributed by atoms with E-state index in [2.05, 4.69) is 24.8 Å². The number of Topliss-reactive ketones (excluding diaryl/α,β-unsaturated/α-hetero) is 1. The van der Waals surface area contributed by atoms with Crippen LogP contribution in [-0.2, 0) is 5.41 Å². The number of rotatable bonds is 12. The van der Waals surface area contributed by atoms with E-state index < -0.39 is 5.41 Å². The van der Waals surface area contributed by atoms with Crippen molar-refractivity contribution in [2.75, 3.05) is 48.1 Å². The number of carbonyl (C=O) groups excluding carboxylic acids is 1. The molecule has 0 amide bonds. The van der Waals surface area contributed by atoms with Gasteiger partial charge in [-0.2, -0.15) is 5.26 Å². The minimum atomic E-state index is -0.614. The Balaban J connectivity index is 1.62. The lowest BCUT2D eigenvalue weighted by Gasteiger charge is -2.34. The van der Waals surface area contributed by atoms with Crippen LogP contribution in [0.25, 0.3) is 0 Å². The van der Waals surface area contributed by atoms with Crippen LogP contribution in [0.3, 0.4) is 0 Å². The smallest absolute Gasteiger partial charge is 0.171 e. The zero-order valence-electron chi connectivity index (χ0n) is 23.0. The molecule has 0 saturated carbocycles. The molecule has 200 valence electrons. The van der Waals surface area contributed by atoms with Crippen molar-refractivity contribution in [3.05, 3.63) is 47.5 Å². The number of para-hydroxylation sites is 1. The van der Waals surface area contributed by atoms with Gasteiger partial charge in [-0.05, 0) is 81.1 Å². The van der Waals surface area contributed by atoms with Crippen LogP contribution < -0.4 is 18.9 Å². The molecule has 1 unspecified atom stereocenters. The largest absolute Gasteiger partial charge is 0.493 e. The SMILES string of the molecule is COc1ccc(C(C#N)(CCCN2CCC(C(=O)c3cccc(OC)c3OC)CC2)C(C)C)cc1OC. The first kappa shape index (κ1) is 28.3. The monoisotopic (exact) mass is 508 g/mol. The maximum Gasteiger partial charge on any atom is 0.171 e. The summed E-state index contributed by atoms with van der Waals surface area (Å²) in [6, 6.07) is 13.9. The number of nitrogens with zero attached hydrogens (tertiary/aromatic N) is 2. The highest BCUT2D eigenvalue weighted by Gasteiger charge is 2.37. The summed E-state index contributed by atoms with van der Waals surface area (Å²) in [7, 11) is 6.37. The van der Waals surface area contributed by atoms with Gasteiger partial charge in [0, 0.05) is 5.92 Å². The first-order valence-corrected chi connectivity index (χ1v) is 13.0. The van der Waals surface area contributed by atoms with E-state index in [1.807, 2.05) is 30.3 Å². The molecule has 7 heteroatoms. The lowest BCUT2D eigenvalue weighted by atomic mass is 9.69. The number of piperidine rings is 1. The molecule has 0 aliphatic carbocycles. The summed E-state index contributed by atoms with van der Waals surface area (Å²) >= 11 is 0. The molecule has 0 N–H and O–H groups in total. The molecule has 1 aliphatic heterocycles. The fourth-order valence-corrected chi connectivity index (χ4v) is 5.43. The van der Waals surface area contributed by atoms with Gasteiger partial charge < -0.3 is 23.8 Å². The fraction of sp³-hybridized carbons (Fsp3) is 0.533. The Morgan fingerprint density at radius 2 is 1.68 bits per heavy atom. The van der Waals surface area contributed by atoms with Crippen LogP contribution in [0.5, 0.6) is 23.0 Å². The number of hydrogen-bond acceptors (Lipinski definition) is 7. The van der Waals surface area contributed by atoms with Crippen molar-refractivity contribution in [3.63, 3.8) is 0 Å². The van der Waals surface area contributed by atoms with Gasteiger partial charge in [0.15, 0.2) is 28.8 Å². The standard InChI is InChI=1S/C30H40N2O5/c1-21(2)30(20-31,23-11-12-25(34-3)27(19-23)36-5)15-8-16-32-17-13-22(14-18-32)28(33)24-9-7-10-26(35-4)29(24)37-6/h7,9-12,19,21-22H,8,13-18H2,1-6H3. The van der Waals surface area contributed by atoms with Gasteiger partial charge in [-0.1, -0.05) is 26.0 Å². The van der Waals surface area contributed by atoms with Crippen LogP contribution in [0, 0.1) is 23.2 Å². The lowest BCUT2D eigenvalue weighted by molar-refractivity contribution is 0.0833. The van der Waals surface area contributed by atoms with Gasteiger partial charge in [0.05, 0.1) is 45.5 Å². The molecular weight excluding hydrogens is 468 g/mol. The molecule has 0 bridgehead atoms. The van der Waals surface area contributed by atoms with Gasteiger partial charge in [0.25, 0.3) is 0 Å². The van der Waals surface area contributed by atoms with E-state index >= 15 is 0 Å². The molecule has 3 rings (SSSR count). The molecule has 1 fully saturated rings. The molecule has 0 aromatic heterocycles. The lowest BCUT2D eigenvalue weighted by Crippen LogP contribution is -2.38. The van der Waals surface area contributed by atoms with Crippen molar-refractivity contribution in [1.82, 2.24) is 4.90 Å². The molecule has 0 spiro atoms. The summed E-state index contributed by atoms with van der Waals surface area (Å²) < 4.78 is 21.7. The van der Waals surface area contributed by atoms with E-state index in [1.165, 1.54) is 0 Å². The number of carbonyl (C=O) groups is 1. The predicted molar refractivity (Wildman–Crippen MR) is 144 cm³/mol. The molecule has 1 aliphatic rings. The second kappa shape index (κ2) is 12.8. The van der Waals surface area contributed by atoms with Crippen molar-refractivity contribution in [2.24, 2.45) is 11.8 Å². The third kappa shape index (κ3) is 6.02. The molecule has 1 heterocycles. The van der Waals surface area contributed by atoms with Crippen LogP contribution in [-0.4, -0.2) is 58.8 Å². The van der Waals surface area contributed by atoms with Crippen LogP contribution in [0.1, 0.15) is 55.5 Å². The van der Waals surface area contributed by atoms with Crippen LogP contribution in [0.15, 0.2) is 36.4 Å². The van der Waals surface area contributed by atoms with E-state index in [1.54, 1.807) is 34.5 Å². The van der Waals surface area contributed by atoms with Crippen molar-refractivity contribution in [1.29, 1.82) is 5.26 Å². The Morgan fingerprint density at radius 3 is 2.24 bits per heavy atom. The summed E-state index contributed by atoms with van der Waals surface area (Å²) in [5.74, 6) is 2.60. The van der Waals surface area contributed by atoms with E-state index in [0.29, 0.717) is 28.6 Å². The summed E-state index contributed by atoms with van der Waals surface area (Å²) in [5.41, 5.74) is 0.932. The maximum atomic E-state index is 13.3. The number of nitriles is 1. The van der Waals surface area contributed by atoms with E-state index in [4.69, 9.17) is 18.9 Å². The number of ether oxygens (including phenoxy) is 4. The molecule has 1 saturated heterocycles. The minimum absolute atomic E-state index is 0.0297. The topological polar surface area (TPSA) is 81.0 Å². The Hall–Kier alpha value is -3.24. The van der Waals surface area contributed by atoms with Gasteiger partial charge in [-0.3, -0.25) is 4.79 Å². The van der Waals surface area contributed by atoms with Crippen LogP contribution in [0.4, 0.5) is 0 Å². The molecule has 2 aromatic carbocycles. The van der Waals surface area contributed by atoms with Gasteiger partial charge >= 0.3 is 0 Å². The fourth-order valence-electron chi connectivity index (χ4n) is 5.43. The van der Waals surface area contributed by atoms with Gasteiger partial charge in [0.2, 0.25) is 0 Å². The zero-order valence-corrected chi connectivity index (χ0v) is 23.0. The molecule has 37 heavy (non-hydrogen) atoms. The van der Waals surface area contributed by atoms with Crippen LogP contribution in [0.2, 0.25) is 0 Å². The molecule has 2 aromatic rings. The molecule has 0 radical (unpaired) electrons. The highest BCUT2D eigenvalue weighted by molar-refractivity contribution is 6.01. The third-order valence-corrected chi connectivity index (χ3v) is 7.76. The first-order valence-electron chi connectivity index (χ1n) is 13.0.